The molecule has 0 aliphatic heterocycles. The molecule has 1 atom stereocenters. The highest BCUT2D eigenvalue weighted by molar-refractivity contribution is 5.85. The van der Waals surface area contributed by atoms with Gasteiger partial charge in [0.05, 0.1) is 0 Å². The van der Waals surface area contributed by atoms with Crippen molar-refractivity contribution in [3.8, 4) is 11.1 Å². The van der Waals surface area contributed by atoms with Crippen molar-refractivity contribution in [1.82, 2.24) is 5.32 Å². The van der Waals surface area contributed by atoms with Crippen LogP contribution < -0.4 is 5.32 Å². The van der Waals surface area contributed by atoms with Crippen LogP contribution in [0.3, 0.4) is 0 Å². The minimum absolute atomic E-state index is 0. The number of ether oxygens (including phenoxy) is 1. The standard InChI is InChI=1S/C18H18F3NO2.ClH/c1-22-16(17(23)24-12-18(19,20)21)11-13-7-9-15(10-8-13)14-5-3-2-4-6-14;/h2-10,16,22H,11-12H2,1H3;1H/t16-;/m0./s1. The molecule has 0 heterocycles. The first-order chi connectivity index (χ1) is 11.4. The minimum atomic E-state index is -4.52. The monoisotopic (exact) mass is 373 g/mol. The number of halogens is 4. The molecule has 2 aromatic carbocycles. The van der Waals surface area contributed by atoms with Crippen LogP contribution >= 0.6 is 12.4 Å². The third-order valence-corrected chi connectivity index (χ3v) is 3.51. The Kier molecular flexibility index (Phi) is 7.93. The Balaban J connectivity index is 0.00000312. The van der Waals surface area contributed by atoms with Crippen molar-refractivity contribution in [1.29, 1.82) is 0 Å². The number of carbonyl (C=O) groups is 1. The van der Waals surface area contributed by atoms with Crippen LogP contribution in [-0.4, -0.2) is 31.8 Å². The second-order valence-corrected chi connectivity index (χ2v) is 5.33. The van der Waals surface area contributed by atoms with Crippen molar-refractivity contribution in [2.24, 2.45) is 0 Å². The van der Waals surface area contributed by atoms with Crippen LogP contribution in [0.5, 0.6) is 0 Å². The van der Waals surface area contributed by atoms with E-state index in [9.17, 15) is 18.0 Å². The maximum absolute atomic E-state index is 12.1. The van der Waals surface area contributed by atoms with Crippen molar-refractivity contribution >= 4 is 18.4 Å². The Bertz CT molecular complexity index is 660. The van der Waals surface area contributed by atoms with Crippen molar-refractivity contribution in [2.75, 3.05) is 13.7 Å². The summed E-state index contributed by atoms with van der Waals surface area (Å²) < 4.78 is 40.7. The van der Waals surface area contributed by atoms with E-state index in [4.69, 9.17) is 0 Å². The zero-order valence-electron chi connectivity index (χ0n) is 13.5. The summed E-state index contributed by atoms with van der Waals surface area (Å²) in [5.41, 5.74) is 2.93. The van der Waals surface area contributed by atoms with Crippen LogP contribution in [0.4, 0.5) is 13.2 Å². The highest BCUT2D eigenvalue weighted by Crippen LogP contribution is 2.20. The van der Waals surface area contributed by atoms with Gasteiger partial charge in [0, 0.05) is 0 Å². The second-order valence-electron chi connectivity index (χ2n) is 5.33. The molecule has 1 N–H and O–H groups in total. The summed E-state index contributed by atoms with van der Waals surface area (Å²) in [6, 6.07) is 16.5. The number of carbonyl (C=O) groups excluding carboxylic acids is 1. The Labute approximate surface area is 150 Å². The third kappa shape index (κ3) is 6.76. The van der Waals surface area contributed by atoms with E-state index in [2.05, 4.69) is 10.1 Å². The number of esters is 1. The average Bonchev–Trinajstić information content (AvgIpc) is 2.58. The van der Waals surface area contributed by atoms with Crippen LogP contribution in [0.1, 0.15) is 5.56 Å². The van der Waals surface area contributed by atoms with Gasteiger partial charge in [-0.05, 0) is 30.2 Å². The first-order valence-electron chi connectivity index (χ1n) is 7.44. The topological polar surface area (TPSA) is 38.3 Å². The molecule has 136 valence electrons. The molecule has 0 amide bonds. The lowest BCUT2D eigenvalue weighted by Crippen LogP contribution is -2.39. The highest BCUT2D eigenvalue weighted by Gasteiger charge is 2.31. The normalized spacial score (nSPS) is 12.2. The number of nitrogens with one attached hydrogen (secondary N) is 1. The number of likely N-dealkylation sites (N-methyl/N-ethyl adjacent to an activating group) is 1. The first-order valence-corrected chi connectivity index (χ1v) is 7.44. The summed E-state index contributed by atoms with van der Waals surface area (Å²) in [6.45, 7) is -1.57. The molecule has 25 heavy (non-hydrogen) atoms. The highest BCUT2D eigenvalue weighted by atomic mass is 35.5. The maximum atomic E-state index is 12.1. The summed E-state index contributed by atoms with van der Waals surface area (Å²) in [7, 11) is 1.51. The maximum Gasteiger partial charge on any atom is 0.422 e. The van der Waals surface area contributed by atoms with Crippen LogP contribution in [-0.2, 0) is 16.0 Å². The molecule has 0 aliphatic carbocycles. The summed E-state index contributed by atoms with van der Waals surface area (Å²) in [5, 5.41) is 2.69. The Morgan fingerprint density at radius 2 is 1.60 bits per heavy atom. The average molecular weight is 374 g/mol. The first kappa shape index (κ1) is 21.0. The van der Waals surface area contributed by atoms with Crippen LogP contribution in [0.2, 0.25) is 0 Å². The molecule has 0 saturated carbocycles. The molecule has 2 rings (SSSR count). The van der Waals surface area contributed by atoms with E-state index < -0.39 is 24.8 Å². The van der Waals surface area contributed by atoms with Gasteiger partial charge in [-0.2, -0.15) is 13.2 Å². The van der Waals surface area contributed by atoms with Crippen LogP contribution in [0.25, 0.3) is 11.1 Å². The molecule has 3 nitrogen and oxygen atoms in total. The van der Waals surface area contributed by atoms with Gasteiger partial charge in [0.15, 0.2) is 6.61 Å². The van der Waals surface area contributed by atoms with Crippen molar-refractivity contribution in [3.05, 3.63) is 60.2 Å². The fourth-order valence-corrected chi connectivity index (χ4v) is 2.26. The van der Waals surface area contributed by atoms with Gasteiger partial charge in [0.1, 0.15) is 6.04 Å². The molecular weight excluding hydrogens is 355 g/mol. The fourth-order valence-electron chi connectivity index (χ4n) is 2.26. The third-order valence-electron chi connectivity index (χ3n) is 3.51. The van der Waals surface area contributed by atoms with E-state index >= 15 is 0 Å². The number of benzene rings is 2. The van der Waals surface area contributed by atoms with Gasteiger partial charge in [-0.1, -0.05) is 54.6 Å². The summed E-state index contributed by atoms with van der Waals surface area (Å²) in [4.78, 5) is 11.7. The molecule has 0 saturated heterocycles. The lowest BCUT2D eigenvalue weighted by Gasteiger charge is -2.16. The molecular formula is C18H19ClF3NO2. The smallest absolute Gasteiger partial charge is 0.422 e. The second kappa shape index (κ2) is 9.44. The molecule has 0 bridgehead atoms. The number of rotatable bonds is 6. The Hall–Kier alpha value is -2.05. The summed E-state index contributed by atoms with van der Waals surface area (Å²) >= 11 is 0. The van der Waals surface area contributed by atoms with E-state index in [1.54, 1.807) is 0 Å². The van der Waals surface area contributed by atoms with Gasteiger partial charge in [-0.15, -0.1) is 12.4 Å². The van der Waals surface area contributed by atoms with E-state index in [0.29, 0.717) is 0 Å². The van der Waals surface area contributed by atoms with E-state index in [1.165, 1.54) is 7.05 Å². The van der Waals surface area contributed by atoms with Gasteiger partial charge in [0.2, 0.25) is 0 Å². The molecule has 0 radical (unpaired) electrons. The van der Waals surface area contributed by atoms with Crippen molar-refractivity contribution in [2.45, 2.75) is 18.6 Å². The molecule has 7 heteroatoms. The molecule has 0 spiro atoms. The van der Waals surface area contributed by atoms with E-state index in [0.717, 1.165) is 16.7 Å². The van der Waals surface area contributed by atoms with E-state index in [1.807, 2.05) is 54.6 Å². The SMILES string of the molecule is CN[C@@H](Cc1ccc(-c2ccccc2)cc1)C(=O)OCC(F)(F)F.Cl. The largest absolute Gasteiger partial charge is 0.455 e. The predicted molar refractivity (Wildman–Crippen MR) is 92.7 cm³/mol. The zero-order chi connectivity index (χ0) is 17.6. The lowest BCUT2D eigenvalue weighted by molar-refractivity contribution is -0.187. The molecule has 0 aromatic heterocycles. The predicted octanol–water partition coefficient (Wildman–Crippen LogP) is 4.01. The van der Waals surface area contributed by atoms with Gasteiger partial charge >= 0.3 is 12.1 Å². The molecule has 0 aliphatic rings. The molecule has 0 fully saturated rings. The van der Waals surface area contributed by atoms with Crippen molar-refractivity contribution < 1.29 is 22.7 Å². The lowest BCUT2D eigenvalue weighted by atomic mass is 10.0. The quantitative estimate of drug-likeness (QED) is 0.777. The van der Waals surface area contributed by atoms with Crippen LogP contribution in [0.15, 0.2) is 54.6 Å². The molecule has 0 unspecified atom stereocenters. The van der Waals surface area contributed by atoms with Crippen LogP contribution in [0, 0.1) is 0 Å². The van der Waals surface area contributed by atoms with E-state index in [-0.39, 0.29) is 18.8 Å². The Morgan fingerprint density at radius 1 is 1.04 bits per heavy atom. The number of hydrogen-bond acceptors (Lipinski definition) is 3. The van der Waals surface area contributed by atoms with Gasteiger partial charge < -0.3 is 10.1 Å². The number of alkyl halides is 3. The minimum Gasteiger partial charge on any atom is -0.455 e. The Morgan fingerprint density at radius 3 is 2.12 bits per heavy atom. The number of hydrogen-bond donors (Lipinski definition) is 1. The van der Waals surface area contributed by atoms with Gasteiger partial charge in [-0.25, -0.2) is 0 Å². The summed E-state index contributed by atoms with van der Waals surface area (Å²) in [6.07, 6.45) is -4.27. The summed E-state index contributed by atoms with van der Waals surface area (Å²) in [5.74, 6) is -0.915. The zero-order valence-corrected chi connectivity index (χ0v) is 14.4. The van der Waals surface area contributed by atoms with Crippen molar-refractivity contribution in [3.63, 3.8) is 0 Å². The van der Waals surface area contributed by atoms with Gasteiger partial charge in [0.25, 0.3) is 0 Å². The van der Waals surface area contributed by atoms with Gasteiger partial charge in [-0.3, -0.25) is 4.79 Å². The molecule has 2 aromatic rings. The fraction of sp³-hybridized carbons (Fsp3) is 0.278.